The molecule has 2 aliphatic heterocycles. The van der Waals surface area contributed by atoms with Crippen molar-refractivity contribution in [1.82, 2.24) is 25.5 Å². The molecule has 1 saturated carbocycles. The number of pyridine rings is 1. The molecule has 2 bridgehead atoms. The molecule has 0 amide bonds. The Morgan fingerprint density at radius 1 is 1.06 bits per heavy atom. The summed E-state index contributed by atoms with van der Waals surface area (Å²) in [6.45, 7) is 0. The first-order chi connectivity index (χ1) is 17.5. The SMILES string of the molecule is COc1ncc(-c2ccc(-c3ncc(N(C4CC4)[C@H]4C[C@@H]5CCC[C@H](N5)[C@H]4F)nn3)c(O)c2)cc1F. The molecule has 0 spiro atoms. The zero-order valence-electron chi connectivity index (χ0n) is 19.9. The Bertz CT molecular complexity index is 1260. The van der Waals surface area contributed by atoms with Gasteiger partial charge in [-0.1, -0.05) is 12.5 Å². The van der Waals surface area contributed by atoms with Gasteiger partial charge in [0.2, 0.25) is 5.88 Å². The lowest BCUT2D eigenvalue weighted by atomic mass is 9.82. The lowest BCUT2D eigenvalue weighted by Crippen LogP contribution is -2.62. The second kappa shape index (κ2) is 9.24. The molecular weight excluding hydrogens is 466 g/mol. The number of piperidine rings is 2. The fourth-order valence-corrected chi connectivity index (χ4v) is 5.57. The molecule has 8 nitrogen and oxygen atoms in total. The lowest BCUT2D eigenvalue weighted by molar-refractivity contribution is 0.104. The predicted molar refractivity (Wildman–Crippen MR) is 130 cm³/mol. The van der Waals surface area contributed by atoms with Crippen LogP contribution in [0.15, 0.2) is 36.7 Å². The van der Waals surface area contributed by atoms with Crippen LogP contribution >= 0.6 is 0 Å². The third-order valence-electron chi connectivity index (χ3n) is 7.48. The van der Waals surface area contributed by atoms with Gasteiger partial charge in [0.15, 0.2) is 17.5 Å². The third-order valence-corrected chi connectivity index (χ3v) is 7.48. The summed E-state index contributed by atoms with van der Waals surface area (Å²) in [5, 5.41) is 22.8. The van der Waals surface area contributed by atoms with E-state index in [0.717, 1.165) is 38.5 Å². The molecule has 188 valence electrons. The van der Waals surface area contributed by atoms with Gasteiger partial charge < -0.3 is 20.1 Å². The molecule has 2 aromatic heterocycles. The Labute approximate surface area is 207 Å². The van der Waals surface area contributed by atoms with E-state index in [0.29, 0.717) is 28.6 Å². The smallest absolute Gasteiger partial charge is 0.250 e. The molecule has 36 heavy (non-hydrogen) atoms. The lowest BCUT2D eigenvalue weighted by Gasteiger charge is -2.47. The molecule has 2 N–H and O–H groups in total. The molecule has 1 aliphatic carbocycles. The predicted octanol–water partition coefficient (Wildman–Crippen LogP) is 4.04. The molecule has 6 rings (SSSR count). The number of anilines is 1. The van der Waals surface area contributed by atoms with E-state index >= 15 is 4.39 Å². The minimum absolute atomic E-state index is 0.0627. The van der Waals surface area contributed by atoms with E-state index in [1.807, 2.05) is 0 Å². The first kappa shape index (κ1) is 23.0. The van der Waals surface area contributed by atoms with Crippen molar-refractivity contribution in [3.05, 3.63) is 42.5 Å². The van der Waals surface area contributed by atoms with Crippen LogP contribution in [0, 0.1) is 5.82 Å². The Morgan fingerprint density at radius 2 is 1.92 bits per heavy atom. The summed E-state index contributed by atoms with van der Waals surface area (Å²) >= 11 is 0. The molecule has 3 aromatic rings. The van der Waals surface area contributed by atoms with E-state index in [1.54, 1.807) is 18.3 Å². The first-order valence-corrected chi connectivity index (χ1v) is 12.4. The van der Waals surface area contributed by atoms with Crippen LogP contribution in [0.1, 0.15) is 38.5 Å². The van der Waals surface area contributed by atoms with Crippen LogP contribution in [0.25, 0.3) is 22.5 Å². The summed E-state index contributed by atoms with van der Waals surface area (Å²) in [4.78, 5) is 10.5. The maximum atomic E-state index is 15.4. The highest BCUT2D eigenvalue weighted by atomic mass is 19.1. The Kier molecular flexibility index (Phi) is 5.91. The van der Waals surface area contributed by atoms with Crippen molar-refractivity contribution in [3.63, 3.8) is 0 Å². The van der Waals surface area contributed by atoms with Crippen molar-refractivity contribution < 1.29 is 18.6 Å². The maximum Gasteiger partial charge on any atom is 0.250 e. The molecule has 2 saturated heterocycles. The van der Waals surface area contributed by atoms with Crippen molar-refractivity contribution in [2.45, 2.75) is 68.9 Å². The van der Waals surface area contributed by atoms with Gasteiger partial charge >= 0.3 is 0 Å². The summed E-state index contributed by atoms with van der Waals surface area (Å²) in [6.07, 6.45) is 7.93. The van der Waals surface area contributed by atoms with Crippen LogP contribution in [-0.4, -0.2) is 62.7 Å². The van der Waals surface area contributed by atoms with Crippen molar-refractivity contribution in [1.29, 1.82) is 0 Å². The first-order valence-electron chi connectivity index (χ1n) is 12.4. The highest BCUT2D eigenvalue weighted by Gasteiger charge is 2.46. The van der Waals surface area contributed by atoms with Gasteiger partial charge in [0, 0.05) is 29.9 Å². The van der Waals surface area contributed by atoms with Crippen LogP contribution < -0.4 is 15.0 Å². The molecule has 4 heterocycles. The van der Waals surface area contributed by atoms with Crippen LogP contribution in [-0.2, 0) is 0 Å². The number of aromatic hydroxyl groups is 1. The number of aromatic nitrogens is 4. The summed E-state index contributed by atoms with van der Waals surface area (Å²) in [6, 6.07) is 6.46. The van der Waals surface area contributed by atoms with Gasteiger partial charge in [0.25, 0.3) is 0 Å². The minimum atomic E-state index is -0.961. The van der Waals surface area contributed by atoms with E-state index in [9.17, 15) is 9.50 Å². The topological polar surface area (TPSA) is 96.3 Å². The summed E-state index contributed by atoms with van der Waals surface area (Å²) < 4.78 is 34.4. The molecule has 0 unspecified atom stereocenters. The normalized spacial score (nSPS) is 25.4. The number of halogens is 2. The molecule has 3 aliphatic rings. The number of methoxy groups -OCH3 is 1. The van der Waals surface area contributed by atoms with Gasteiger partial charge in [0.1, 0.15) is 11.9 Å². The largest absolute Gasteiger partial charge is 0.507 e. The average molecular weight is 495 g/mol. The number of nitrogens with zero attached hydrogens (tertiary/aromatic N) is 5. The molecule has 3 fully saturated rings. The van der Waals surface area contributed by atoms with Crippen molar-refractivity contribution in [3.8, 4) is 34.1 Å². The second-order valence-electron chi connectivity index (χ2n) is 9.87. The number of fused-ring (bicyclic) bond motifs is 2. The van der Waals surface area contributed by atoms with E-state index in [2.05, 4.69) is 30.4 Å². The second-order valence-corrected chi connectivity index (χ2v) is 9.87. The Hall–Kier alpha value is -3.40. The van der Waals surface area contributed by atoms with Crippen LogP contribution in [0.2, 0.25) is 0 Å². The van der Waals surface area contributed by atoms with E-state index in [4.69, 9.17) is 4.74 Å². The number of benzene rings is 1. The molecule has 1 aromatic carbocycles. The number of ether oxygens (including phenoxy) is 1. The monoisotopic (exact) mass is 494 g/mol. The molecule has 4 atom stereocenters. The number of phenols is 1. The average Bonchev–Trinajstić information content (AvgIpc) is 3.73. The van der Waals surface area contributed by atoms with Gasteiger partial charge in [-0.3, -0.25) is 0 Å². The van der Waals surface area contributed by atoms with Crippen LogP contribution in [0.4, 0.5) is 14.6 Å². The van der Waals surface area contributed by atoms with Gasteiger partial charge in [-0.2, -0.15) is 0 Å². The Morgan fingerprint density at radius 3 is 2.61 bits per heavy atom. The number of rotatable bonds is 6. The zero-order valence-corrected chi connectivity index (χ0v) is 19.9. The van der Waals surface area contributed by atoms with Gasteiger partial charge in [0.05, 0.1) is 24.9 Å². The van der Waals surface area contributed by atoms with E-state index < -0.39 is 12.0 Å². The number of nitrogens with one attached hydrogen (secondary N) is 1. The third kappa shape index (κ3) is 4.23. The summed E-state index contributed by atoms with van der Waals surface area (Å²) in [7, 11) is 1.35. The fraction of sp³-hybridized carbons (Fsp3) is 0.462. The number of alkyl halides is 1. The number of hydrogen-bond acceptors (Lipinski definition) is 8. The maximum absolute atomic E-state index is 15.4. The quantitative estimate of drug-likeness (QED) is 0.530. The minimum Gasteiger partial charge on any atom is -0.507 e. The molecule has 10 heteroatoms. The number of phenolic OH excluding ortho intramolecular Hbond substituents is 1. The highest BCUT2D eigenvalue weighted by molar-refractivity contribution is 5.72. The highest BCUT2D eigenvalue weighted by Crippen LogP contribution is 2.39. The fourth-order valence-electron chi connectivity index (χ4n) is 5.57. The van der Waals surface area contributed by atoms with E-state index in [-0.39, 0.29) is 35.6 Å². The van der Waals surface area contributed by atoms with Crippen molar-refractivity contribution in [2.24, 2.45) is 0 Å². The molecule has 0 radical (unpaired) electrons. The number of hydrogen-bond donors (Lipinski definition) is 2. The molecular formula is C26H28F2N6O2. The zero-order chi connectivity index (χ0) is 24.8. The van der Waals surface area contributed by atoms with E-state index in [1.165, 1.54) is 25.4 Å². The summed E-state index contributed by atoms with van der Waals surface area (Å²) in [5.41, 5.74) is 1.48. The van der Waals surface area contributed by atoms with Gasteiger partial charge in [-0.05, 0) is 55.9 Å². The van der Waals surface area contributed by atoms with Crippen LogP contribution in [0.5, 0.6) is 11.6 Å². The van der Waals surface area contributed by atoms with Crippen molar-refractivity contribution >= 4 is 5.82 Å². The summed E-state index contributed by atoms with van der Waals surface area (Å²) in [5.74, 6) is 0.0923. The standard InChI is InChI=1S/C26H28F2N6O2/c1-36-26-19(27)9-15(12-30-26)14-5-8-18(22(35)10-14)25-29-13-23(32-33-25)34(17-6-7-17)21-11-16-3-2-4-20(31-16)24(21)28/h5,8-10,12-13,16-17,20-21,24,31,35H,2-4,6-7,11H2,1H3/t16-,20-,21-,24+/m0/s1. The van der Waals surface area contributed by atoms with Gasteiger partial charge in [-0.25, -0.2) is 18.7 Å². The van der Waals surface area contributed by atoms with Crippen LogP contribution in [0.3, 0.4) is 0 Å². The Balaban J connectivity index is 1.25. The van der Waals surface area contributed by atoms with Crippen molar-refractivity contribution in [2.75, 3.05) is 12.0 Å². The van der Waals surface area contributed by atoms with Gasteiger partial charge in [-0.15, -0.1) is 10.2 Å².